The van der Waals surface area contributed by atoms with Crippen LogP contribution in [0, 0.1) is 11.7 Å². The molecule has 0 radical (unpaired) electrons. The predicted molar refractivity (Wildman–Crippen MR) is 280 cm³/mol. The number of rotatable bonds is 30. The van der Waals surface area contributed by atoms with Crippen LogP contribution in [0.15, 0.2) is 59.4 Å². The number of hydrogen-bond acceptors (Lipinski definition) is 17. The molecule has 1 saturated heterocycles. The number of nitrogen functional groups attached to an aromatic ring is 1. The largest absolute Gasteiger partial charge is 0.464 e. The van der Waals surface area contributed by atoms with Gasteiger partial charge in [0.1, 0.15) is 30.0 Å². The summed E-state index contributed by atoms with van der Waals surface area (Å²) in [5, 5.41) is 10.7. The number of fused-ring (bicyclic) bond motifs is 1. The van der Waals surface area contributed by atoms with Crippen molar-refractivity contribution in [2.24, 2.45) is 11.7 Å². The third-order valence-corrected chi connectivity index (χ3v) is 12.4. The topological polar surface area (TPSA) is 339 Å². The number of imide groups is 1. The first-order chi connectivity index (χ1) is 37.5. The van der Waals surface area contributed by atoms with Crippen LogP contribution in [0.1, 0.15) is 56.7 Å². The number of nitrogens with two attached hydrogens (primary N) is 2. The fourth-order valence-electron chi connectivity index (χ4n) is 8.20. The number of anilines is 2. The van der Waals surface area contributed by atoms with Crippen molar-refractivity contribution in [1.29, 1.82) is 0 Å². The summed E-state index contributed by atoms with van der Waals surface area (Å²) in [5.41, 5.74) is 13.1. The molecule has 0 aliphatic carbocycles. The number of aromatic amines is 1. The molecule has 26 nitrogen and oxygen atoms in total. The second kappa shape index (κ2) is 29.5. The van der Waals surface area contributed by atoms with Gasteiger partial charge in [-0.05, 0) is 55.0 Å². The minimum Gasteiger partial charge on any atom is -0.464 e. The third-order valence-electron chi connectivity index (χ3n) is 12.4. The number of benzene rings is 2. The average Bonchev–Trinajstić information content (AvgIpc) is 3.94. The van der Waals surface area contributed by atoms with Crippen LogP contribution in [0.3, 0.4) is 0 Å². The van der Waals surface area contributed by atoms with Crippen LogP contribution in [0.25, 0.3) is 11.2 Å². The number of halogens is 1. The predicted octanol–water partition coefficient (Wildman–Crippen LogP) is 1.12. The first kappa shape index (κ1) is 59.2. The van der Waals surface area contributed by atoms with Crippen molar-refractivity contribution in [3.8, 4) is 6.01 Å². The molecule has 0 saturated carbocycles. The molecule has 8 amide bonds. The highest BCUT2D eigenvalue weighted by Gasteiger charge is 2.30. The second-order valence-electron chi connectivity index (χ2n) is 18.5. The van der Waals surface area contributed by atoms with E-state index in [1.54, 1.807) is 62.1 Å². The highest BCUT2D eigenvalue weighted by molar-refractivity contribution is 6.12. The first-order valence-electron chi connectivity index (χ1n) is 25.6. The normalized spacial score (nSPS) is 14.4. The van der Waals surface area contributed by atoms with Gasteiger partial charge in [0.05, 0.1) is 59.3 Å². The van der Waals surface area contributed by atoms with Crippen molar-refractivity contribution >= 4 is 64.3 Å². The number of urea groups is 1. The van der Waals surface area contributed by atoms with Crippen LogP contribution in [-0.2, 0) is 62.6 Å². The number of ether oxygens (including phenoxy) is 5. The zero-order chi connectivity index (χ0) is 56.1. The molecule has 2 atom stereocenters. The summed E-state index contributed by atoms with van der Waals surface area (Å²) in [5.74, 6) is -3.15. The van der Waals surface area contributed by atoms with Gasteiger partial charge in [-0.3, -0.25) is 38.3 Å². The number of aromatic nitrogens is 4. The van der Waals surface area contributed by atoms with Crippen LogP contribution in [0.2, 0.25) is 0 Å². The highest BCUT2D eigenvalue weighted by atomic mass is 19.1. The summed E-state index contributed by atoms with van der Waals surface area (Å²) in [7, 11) is 0. The minimum atomic E-state index is -1.07. The molecule has 2 aliphatic heterocycles. The molecule has 0 spiro atoms. The molecule has 0 unspecified atom stereocenters. The SMILES string of the molecule is CCOc1nc(N)c2[nH]c(=O)n(Cc3ccc(CN4CCN(C(=O)OCc5ccc(NC(=O)[C@H](CCCNC(N)=O)NC(=O)[C@@H](NC(=O)CCOCCOCCOCCN6C(=O)C=CC6=O)C(C)C)cc5)CC4)cc3F)c2n1. The molecule has 2 aliphatic rings. The molecular formula is C51H68FN13O13. The number of nitrogens with zero attached hydrogens (tertiary/aromatic N) is 6. The summed E-state index contributed by atoms with van der Waals surface area (Å²) in [6.07, 6.45) is 2.27. The molecule has 1 fully saturated rings. The third kappa shape index (κ3) is 17.8. The van der Waals surface area contributed by atoms with Crippen LogP contribution >= 0.6 is 0 Å². The summed E-state index contributed by atoms with van der Waals surface area (Å²) >= 11 is 0. The van der Waals surface area contributed by atoms with Crippen molar-refractivity contribution in [1.82, 2.24) is 50.2 Å². The van der Waals surface area contributed by atoms with Crippen molar-refractivity contribution in [3.05, 3.63) is 87.6 Å². The Morgan fingerprint density at radius 1 is 0.821 bits per heavy atom. The molecular weight excluding hydrogens is 1020 g/mol. The number of primary amides is 1. The smallest absolute Gasteiger partial charge is 0.410 e. The van der Waals surface area contributed by atoms with E-state index >= 15 is 4.39 Å². The Kier molecular flexibility index (Phi) is 22.4. The van der Waals surface area contributed by atoms with E-state index in [0.29, 0.717) is 56.1 Å². The zero-order valence-corrected chi connectivity index (χ0v) is 43.9. The van der Waals surface area contributed by atoms with Gasteiger partial charge in [0.2, 0.25) is 17.7 Å². The second-order valence-corrected chi connectivity index (χ2v) is 18.5. The van der Waals surface area contributed by atoms with Gasteiger partial charge in [0, 0.05) is 69.1 Å². The lowest BCUT2D eigenvalue weighted by Gasteiger charge is -2.34. The molecule has 4 aromatic rings. The molecule has 2 aromatic heterocycles. The lowest BCUT2D eigenvalue weighted by atomic mass is 10.0. The van der Waals surface area contributed by atoms with Crippen molar-refractivity contribution in [2.45, 2.75) is 71.8 Å². The molecule has 27 heteroatoms. The quantitative estimate of drug-likeness (QED) is 0.0284. The van der Waals surface area contributed by atoms with E-state index in [-0.39, 0.29) is 131 Å². The minimum absolute atomic E-state index is 0.00770. The summed E-state index contributed by atoms with van der Waals surface area (Å²) in [6.45, 7) is 9.08. The number of imidazole rings is 1. The lowest BCUT2D eigenvalue weighted by Crippen LogP contribution is -2.54. The summed E-state index contributed by atoms with van der Waals surface area (Å²) < 4.78 is 44.0. The standard InChI is InChI=1S/C51H68FN13O13/c1-4-77-49-60-44(53)43-45(61-49)65(50(72)59-43)30-35-10-7-34(28-37(35)52)29-62-17-19-63(20-18-62)51(73)78-31-33-8-11-36(12-9-33)56-46(69)38(6-5-16-55-48(54)71)57-47(70)42(32(2)3)58-39(66)15-22-74-24-26-76-27-25-75-23-21-64-40(67)13-14-41(64)68/h7-14,28,32,38,42H,4-6,15-27,29-31H2,1-3H3,(H,56,69)(H,57,70)(H,58,66)(H,59,72)(H2,53,60,61)(H3,54,55,71)/t38-,42-/m0/s1. The molecule has 2 aromatic carbocycles. The van der Waals surface area contributed by atoms with Crippen LogP contribution in [0.5, 0.6) is 6.01 Å². The van der Waals surface area contributed by atoms with Crippen LogP contribution in [0.4, 0.5) is 25.5 Å². The fraction of sp³-hybridized carbons (Fsp3) is 0.490. The number of hydrogen-bond donors (Lipinski definition) is 7. The molecule has 78 heavy (non-hydrogen) atoms. The van der Waals surface area contributed by atoms with E-state index in [1.165, 1.54) is 22.8 Å². The van der Waals surface area contributed by atoms with Gasteiger partial charge in [-0.15, -0.1) is 0 Å². The number of nitrogens with one attached hydrogen (secondary N) is 5. The maximum atomic E-state index is 15.4. The number of H-pyrrole nitrogens is 1. The van der Waals surface area contributed by atoms with E-state index in [0.717, 1.165) is 4.90 Å². The number of carbonyl (C=O) groups is 7. The van der Waals surface area contributed by atoms with Gasteiger partial charge in [-0.1, -0.05) is 38.1 Å². The van der Waals surface area contributed by atoms with Crippen LogP contribution < -0.4 is 43.2 Å². The van der Waals surface area contributed by atoms with Gasteiger partial charge in [0.25, 0.3) is 11.8 Å². The van der Waals surface area contributed by atoms with Gasteiger partial charge < -0.3 is 66.3 Å². The molecule has 4 heterocycles. The fourth-order valence-corrected chi connectivity index (χ4v) is 8.20. The summed E-state index contributed by atoms with van der Waals surface area (Å²) in [6, 6.07) is 8.65. The van der Waals surface area contributed by atoms with Crippen molar-refractivity contribution < 1.29 is 61.6 Å². The number of carbonyl (C=O) groups excluding carboxylic acids is 7. The highest BCUT2D eigenvalue weighted by Crippen LogP contribution is 2.21. The van der Waals surface area contributed by atoms with Crippen LogP contribution in [-0.4, -0.2) is 173 Å². The number of amides is 8. The van der Waals surface area contributed by atoms with E-state index < -0.39 is 53.4 Å². The molecule has 9 N–H and O–H groups in total. The molecule has 0 bridgehead atoms. The molecule has 6 rings (SSSR count). The van der Waals surface area contributed by atoms with Gasteiger partial charge in [0.15, 0.2) is 11.5 Å². The van der Waals surface area contributed by atoms with Crippen molar-refractivity contribution in [2.75, 3.05) is 96.6 Å². The first-order valence-corrected chi connectivity index (χ1v) is 25.6. The van der Waals surface area contributed by atoms with Gasteiger partial charge >= 0.3 is 23.8 Å². The van der Waals surface area contributed by atoms with E-state index in [1.807, 2.05) is 0 Å². The van der Waals surface area contributed by atoms with E-state index in [9.17, 15) is 38.4 Å². The summed E-state index contributed by atoms with van der Waals surface area (Å²) in [4.78, 5) is 116. The van der Waals surface area contributed by atoms with E-state index in [2.05, 4.69) is 41.1 Å². The lowest BCUT2D eigenvalue weighted by molar-refractivity contribution is -0.137. The van der Waals surface area contributed by atoms with Gasteiger partial charge in [-0.25, -0.2) is 18.8 Å². The Hall–Kier alpha value is -8.01. The van der Waals surface area contributed by atoms with E-state index in [4.69, 9.17) is 35.2 Å². The Morgan fingerprint density at radius 3 is 2.14 bits per heavy atom. The maximum absolute atomic E-state index is 15.4. The van der Waals surface area contributed by atoms with Gasteiger partial charge in [-0.2, -0.15) is 9.97 Å². The zero-order valence-electron chi connectivity index (χ0n) is 43.9. The monoisotopic (exact) mass is 1090 g/mol. The Balaban J connectivity index is 0.895. The number of piperazine rings is 1. The Bertz CT molecular complexity index is 2800. The Labute approximate surface area is 448 Å². The molecule has 422 valence electrons. The Morgan fingerprint density at radius 2 is 1.49 bits per heavy atom. The van der Waals surface area contributed by atoms with Crippen molar-refractivity contribution in [3.63, 3.8) is 0 Å². The average molecular weight is 1090 g/mol. The maximum Gasteiger partial charge on any atom is 0.410 e.